The van der Waals surface area contributed by atoms with Crippen molar-refractivity contribution in [3.8, 4) is 6.07 Å². The monoisotopic (exact) mass is 181 g/mol. The number of hydrogen-bond donors (Lipinski definition) is 1. The second-order valence-corrected chi connectivity index (χ2v) is 3.46. The molecule has 13 heavy (non-hydrogen) atoms. The Hall–Kier alpha value is -1.08. The minimum atomic E-state index is -0.248. The van der Waals surface area contributed by atoms with E-state index in [4.69, 9.17) is 11.0 Å². The Morgan fingerprint density at radius 3 is 2.62 bits per heavy atom. The minimum Gasteiger partial charge on any atom is -0.370 e. The van der Waals surface area contributed by atoms with Crippen LogP contribution in [0.4, 0.5) is 0 Å². The van der Waals surface area contributed by atoms with Crippen LogP contribution in [-0.4, -0.2) is 30.4 Å². The summed E-state index contributed by atoms with van der Waals surface area (Å²) in [6, 6.07) is 2.27. The highest BCUT2D eigenvalue weighted by Gasteiger charge is 2.18. The van der Waals surface area contributed by atoms with Gasteiger partial charge in [-0.25, -0.2) is 0 Å². The van der Waals surface area contributed by atoms with Gasteiger partial charge in [0, 0.05) is 18.9 Å². The molecule has 1 aliphatic heterocycles. The van der Waals surface area contributed by atoms with Crippen LogP contribution in [0.25, 0.3) is 0 Å². The van der Waals surface area contributed by atoms with Crippen LogP contribution in [0.15, 0.2) is 0 Å². The van der Waals surface area contributed by atoms with Crippen molar-refractivity contribution in [2.45, 2.75) is 19.3 Å². The Labute approximate surface area is 78.3 Å². The quantitative estimate of drug-likeness (QED) is 0.671. The molecule has 4 heteroatoms. The Morgan fingerprint density at radius 1 is 1.54 bits per heavy atom. The van der Waals surface area contributed by atoms with E-state index >= 15 is 0 Å². The van der Waals surface area contributed by atoms with E-state index in [1.54, 1.807) is 0 Å². The van der Waals surface area contributed by atoms with E-state index in [1.807, 2.05) is 0 Å². The Kier molecular flexibility index (Phi) is 3.71. The molecule has 1 saturated heterocycles. The molecular formula is C9H15N3O. The van der Waals surface area contributed by atoms with Crippen molar-refractivity contribution >= 4 is 5.91 Å². The van der Waals surface area contributed by atoms with Crippen LogP contribution in [0.1, 0.15) is 19.3 Å². The van der Waals surface area contributed by atoms with E-state index in [2.05, 4.69) is 11.0 Å². The van der Waals surface area contributed by atoms with Crippen molar-refractivity contribution in [1.29, 1.82) is 5.26 Å². The highest BCUT2D eigenvalue weighted by Crippen LogP contribution is 2.15. The summed E-state index contributed by atoms with van der Waals surface area (Å²) in [7, 11) is 0. The molecule has 1 fully saturated rings. The highest BCUT2D eigenvalue weighted by molar-refractivity contribution is 5.73. The van der Waals surface area contributed by atoms with E-state index in [0.717, 1.165) is 32.5 Å². The summed E-state index contributed by atoms with van der Waals surface area (Å²) < 4.78 is 0. The van der Waals surface area contributed by atoms with Gasteiger partial charge in [-0.05, 0) is 25.9 Å². The number of rotatable bonds is 3. The van der Waals surface area contributed by atoms with Crippen LogP contribution in [0.3, 0.4) is 0 Å². The number of hydrogen-bond acceptors (Lipinski definition) is 3. The van der Waals surface area contributed by atoms with Crippen LogP contribution < -0.4 is 5.73 Å². The maximum atomic E-state index is 10.5. The van der Waals surface area contributed by atoms with Gasteiger partial charge in [-0.2, -0.15) is 5.26 Å². The van der Waals surface area contributed by atoms with E-state index in [9.17, 15) is 4.79 Å². The van der Waals surface area contributed by atoms with Crippen LogP contribution in [0, 0.1) is 17.2 Å². The second-order valence-electron chi connectivity index (χ2n) is 3.46. The third-order valence-electron chi connectivity index (χ3n) is 2.44. The maximum absolute atomic E-state index is 10.5. The van der Waals surface area contributed by atoms with Crippen molar-refractivity contribution in [1.82, 2.24) is 4.90 Å². The third kappa shape index (κ3) is 3.43. The average molecular weight is 181 g/mol. The van der Waals surface area contributed by atoms with Gasteiger partial charge in [0.1, 0.15) is 0 Å². The van der Waals surface area contributed by atoms with Crippen LogP contribution in [-0.2, 0) is 4.79 Å². The van der Waals surface area contributed by atoms with Gasteiger partial charge in [0.2, 0.25) is 5.91 Å². The molecule has 1 rings (SSSR count). The Balaban J connectivity index is 2.18. The zero-order valence-electron chi connectivity index (χ0n) is 7.70. The molecule has 0 bridgehead atoms. The average Bonchev–Trinajstić information content (AvgIpc) is 2.15. The van der Waals surface area contributed by atoms with Gasteiger partial charge in [0.15, 0.2) is 0 Å². The second kappa shape index (κ2) is 4.83. The molecule has 1 heterocycles. The van der Waals surface area contributed by atoms with Gasteiger partial charge in [0.25, 0.3) is 0 Å². The summed E-state index contributed by atoms with van der Waals surface area (Å²) in [6.07, 6.45) is 2.28. The number of amides is 1. The van der Waals surface area contributed by atoms with Crippen molar-refractivity contribution in [3.05, 3.63) is 0 Å². The highest BCUT2D eigenvalue weighted by atomic mass is 16.1. The Morgan fingerprint density at radius 2 is 2.15 bits per heavy atom. The lowest BCUT2D eigenvalue weighted by atomic mass is 9.98. The number of primary amides is 1. The van der Waals surface area contributed by atoms with Gasteiger partial charge >= 0.3 is 0 Å². The lowest BCUT2D eigenvalue weighted by Crippen LogP contribution is -2.35. The first kappa shape index (κ1) is 10.0. The number of piperidine rings is 1. The third-order valence-corrected chi connectivity index (χ3v) is 2.44. The smallest absolute Gasteiger partial charge is 0.218 e. The lowest BCUT2D eigenvalue weighted by molar-refractivity contribution is -0.118. The molecule has 4 nitrogen and oxygen atoms in total. The molecule has 0 aliphatic carbocycles. The fourth-order valence-corrected chi connectivity index (χ4v) is 1.55. The minimum absolute atomic E-state index is 0.213. The summed E-state index contributed by atoms with van der Waals surface area (Å²) in [5.74, 6) is -0.0350. The predicted octanol–water partition coefficient (Wildman–Crippen LogP) is 0.0974. The summed E-state index contributed by atoms with van der Waals surface area (Å²) in [4.78, 5) is 12.7. The van der Waals surface area contributed by atoms with E-state index in [0.29, 0.717) is 6.42 Å². The molecule has 0 aromatic heterocycles. The lowest BCUT2D eigenvalue weighted by Gasteiger charge is -2.28. The number of likely N-dealkylation sites (tertiary alicyclic amines) is 1. The van der Waals surface area contributed by atoms with Gasteiger partial charge < -0.3 is 10.6 Å². The van der Waals surface area contributed by atoms with Gasteiger partial charge in [0.05, 0.1) is 6.07 Å². The zero-order chi connectivity index (χ0) is 9.68. The van der Waals surface area contributed by atoms with Crippen LogP contribution in [0.5, 0.6) is 0 Å². The largest absolute Gasteiger partial charge is 0.370 e. The topological polar surface area (TPSA) is 70.1 Å². The standard InChI is InChI=1S/C9H15N3O/c10-7-8-1-4-12(5-2-8)6-3-9(11)13/h8H,1-6H2,(H2,11,13). The molecule has 2 N–H and O–H groups in total. The van der Waals surface area contributed by atoms with E-state index in [-0.39, 0.29) is 11.8 Å². The molecular weight excluding hydrogens is 166 g/mol. The Bertz CT molecular complexity index is 213. The molecule has 1 amide bonds. The van der Waals surface area contributed by atoms with Crippen LogP contribution in [0.2, 0.25) is 0 Å². The zero-order valence-corrected chi connectivity index (χ0v) is 7.70. The van der Waals surface area contributed by atoms with Gasteiger partial charge in [-0.15, -0.1) is 0 Å². The molecule has 72 valence electrons. The molecule has 0 aromatic carbocycles. The number of carbonyl (C=O) groups is 1. The van der Waals surface area contributed by atoms with Gasteiger partial charge in [-0.3, -0.25) is 4.79 Å². The first-order chi connectivity index (χ1) is 6.22. The number of nitriles is 1. The summed E-state index contributed by atoms with van der Waals surface area (Å²) in [5, 5.41) is 8.65. The van der Waals surface area contributed by atoms with E-state index in [1.165, 1.54) is 0 Å². The summed E-state index contributed by atoms with van der Waals surface area (Å²) >= 11 is 0. The van der Waals surface area contributed by atoms with Crippen LogP contribution >= 0.6 is 0 Å². The molecule has 0 unspecified atom stereocenters. The fourth-order valence-electron chi connectivity index (χ4n) is 1.55. The molecule has 0 aromatic rings. The SMILES string of the molecule is N#CC1CCN(CCC(N)=O)CC1. The summed E-state index contributed by atoms with van der Waals surface area (Å²) in [5.41, 5.74) is 5.05. The van der Waals surface area contributed by atoms with E-state index < -0.39 is 0 Å². The first-order valence-electron chi connectivity index (χ1n) is 4.62. The van der Waals surface area contributed by atoms with Crippen molar-refractivity contribution in [3.63, 3.8) is 0 Å². The maximum Gasteiger partial charge on any atom is 0.218 e. The number of nitrogens with zero attached hydrogens (tertiary/aromatic N) is 2. The summed E-state index contributed by atoms with van der Waals surface area (Å²) in [6.45, 7) is 2.59. The molecule has 0 atom stereocenters. The number of nitrogens with two attached hydrogens (primary N) is 1. The van der Waals surface area contributed by atoms with Crippen molar-refractivity contribution < 1.29 is 4.79 Å². The molecule has 0 spiro atoms. The first-order valence-corrected chi connectivity index (χ1v) is 4.62. The van der Waals surface area contributed by atoms with Crippen molar-refractivity contribution in [2.24, 2.45) is 11.7 Å². The van der Waals surface area contributed by atoms with Gasteiger partial charge in [-0.1, -0.05) is 0 Å². The normalized spacial score (nSPS) is 19.6. The molecule has 0 saturated carbocycles. The fraction of sp³-hybridized carbons (Fsp3) is 0.778. The molecule has 0 radical (unpaired) electrons. The molecule has 1 aliphatic rings. The predicted molar refractivity (Wildman–Crippen MR) is 48.6 cm³/mol. The number of carbonyl (C=O) groups excluding carboxylic acids is 1. The van der Waals surface area contributed by atoms with Crippen molar-refractivity contribution in [2.75, 3.05) is 19.6 Å².